The average molecular weight is 419 g/mol. The minimum Gasteiger partial charge on any atom is -0.454 e. The smallest absolute Gasteiger partial charge is 0.231 e. The number of aromatic nitrogens is 1. The van der Waals surface area contributed by atoms with E-state index in [1.807, 2.05) is 22.8 Å². The van der Waals surface area contributed by atoms with Crippen LogP contribution in [0.4, 0.5) is 21.6 Å². The summed E-state index contributed by atoms with van der Waals surface area (Å²) in [5.74, 6) is 2.11. The molecule has 2 aliphatic rings. The number of hydrogen-bond acceptors (Lipinski definition) is 6. The number of piperazine rings is 1. The lowest BCUT2D eigenvalue weighted by Gasteiger charge is -2.38. The number of anilines is 3. The van der Waals surface area contributed by atoms with Crippen molar-refractivity contribution in [3.63, 3.8) is 0 Å². The fourth-order valence-corrected chi connectivity index (χ4v) is 4.20. The number of benzene rings is 2. The van der Waals surface area contributed by atoms with Crippen LogP contribution in [0.2, 0.25) is 0 Å². The van der Waals surface area contributed by atoms with Gasteiger partial charge in [0.25, 0.3) is 0 Å². The number of fused-ring (bicyclic) bond motifs is 1. The van der Waals surface area contributed by atoms with E-state index < -0.39 is 0 Å². The van der Waals surface area contributed by atoms with Gasteiger partial charge in [-0.25, -0.2) is 4.39 Å². The molecule has 158 valence electrons. The molecule has 31 heavy (non-hydrogen) atoms. The van der Waals surface area contributed by atoms with E-state index in [0.29, 0.717) is 17.9 Å². The first kappa shape index (κ1) is 19.1. The Morgan fingerprint density at radius 2 is 1.65 bits per heavy atom. The second-order valence-electron chi connectivity index (χ2n) is 7.64. The van der Waals surface area contributed by atoms with Crippen molar-refractivity contribution in [1.29, 1.82) is 5.26 Å². The van der Waals surface area contributed by atoms with E-state index in [4.69, 9.17) is 15.2 Å². The first-order chi connectivity index (χ1) is 15.1. The lowest BCUT2D eigenvalue weighted by atomic mass is 10.2. The van der Waals surface area contributed by atoms with E-state index in [-0.39, 0.29) is 12.6 Å². The third kappa shape index (κ3) is 3.59. The number of nitrogen functional groups attached to an aromatic ring is 1. The first-order valence-electron chi connectivity index (χ1n) is 10.2. The van der Waals surface area contributed by atoms with Crippen LogP contribution in [0.3, 0.4) is 0 Å². The van der Waals surface area contributed by atoms with Gasteiger partial charge in [0, 0.05) is 37.9 Å². The van der Waals surface area contributed by atoms with Crippen LogP contribution in [0, 0.1) is 17.1 Å². The van der Waals surface area contributed by atoms with E-state index in [9.17, 15) is 9.65 Å². The van der Waals surface area contributed by atoms with Gasteiger partial charge in [-0.1, -0.05) is 12.1 Å². The lowest BCUT2D eigenvalue weighted by molar-refractivity contribution is 0.174. The van der Waals surface area contributed by atoms with Crippen molar-refractivity contribution in [1.82, 2.24) is 4.57 Å². The maximum Gasteiger partial charge on any atom is 0.231 e. The number of ether oxygens (including phenoxy) is 2. The molecule has 0 radical (unpaired) electrons. The van der Waals surface area contributed by atoms with E-state index >= 15 is 0 Å². The van der Waals surface area contributed by atoms with Crippen LogP contribution in [0.1, 0.15) is 11.3 Å². The molecule has 7 nitrogen and oxygen atoms in total. The Hall–Kier alpha value is -3.86. The molecule has 2 N–H and O–H groups in total. The molecule has 0 aliphatic carbocycles. The summed E-state index contributed by atoms with van der Waals surface area (Å²) in [5, 5.41) is 9.61. The van der Waals surface area contributed by atoms with Gasteiger partial charge in [-0.15, -0.1) is 0 Å². The molecule has 2 aromatic carbocycles. The maximum absolute atomic E-state index is 13.3. The molecule has 1 saturated heterocycles. The quantitative estimate of drug-likeness (QED) is 0.700. The van der Waals surface area contributed by atoms with Crippen LogP contribution in [-0.2, 0) is 6.54 Å². The number of nitrogens with zero attached hydrogens (tertiary/aromatic N) is 4. The molecule has 2 aliphatic heterocycles. The number of hydrogen-bond donors (Lipinski definition) is 1. The van der Waals surface area contributed by atoms with Crippen LogP contribution < -0.4 is 25.0 Å². The summed E-state index contributed by atoms with van der Waals surface area (Å²) in [6.45, 7) is 3.86. The van der Waals surface area contributed by atoms with Crippen molar-refractivity contribution in [2.75, 3.05) is 48.5 Å². The average Bonchev–Trinajstić information content (AvgIpc) is 3.39. The van der Waals surface area contributed by atoms with Gasteiger partial charge in [0.2, 0.25) is 6.79 Å². The fraction of sp³-hybridized carbons (Fsp3) is 0.261. The third-order valence-electron chi connectivity index (χ3n) is 5.77. The van der Waals surface area contributed by atoms with Crippen molar-refractivity contribution in [2.45, 2.75) is 6.54 Å². The zero-order valence-electron chi connectivity index (χ0n) is 16.9. The largest absolute Gasteiger partial charge is 0.454 e. The fourth-order valence-electron chi connectivity index (χ4n) is 4.20. The van der Waals surface area contributed by atoms with Crippen LogP contribution in [-0.4, -0.2) is 37.5 Å². The highest BCUT2D eigenvalue weighted by Gasteiger charge is 2.25. The molecule has 8 heteroatoms. The number of rotatable bonds is 4. The topological polar surface area (TPSA) is 79.7 Å². The molecule has 1 aromatic heterocycles. The molecule has 0 amide bonds. The Morgan fingerprint density at radius 1 is 0.935 bits per heavy atom. The van der Waals surface area contributed by atoms with Gasteiger partial charge < -0.3 is 29.6 Å². The van der Waals surface area contributed by atoms with Gasteiger partial charge in [0.05, 0.1) is 12.2 Å². The molecule has 0 bridgehead atoms. The molecule has 1 fully saturated rings. The molecule has 0 saturated carbocycles. The monoisotopic (exact) mass is 419 g/mol. The Morgan fingerprint density at radius 3 is 2.39 bits per heavy atom. The summed E-state index contributed by atoms with van der Waals surface area (Å²) in [4.78, 5) is 4.51. The predicted octanol–water partition coefficient (Wildman–Crippen LogP) is 3.18. The van der Waals surface area contributed by atoms with E-state index in [2.05, 4.69) is 15.9 Å². The van der Waals surface area contributed by atoms with Gasteiger partial charge in [0.15, 0.2) is 11.5 Å². The predicted molar refractivity (Wildman–Crippen MR) is 116 cm³/mol. The Balaban J connectivity index is 1.36. The second kappa shape index (κ2) is 7.76. The van der Waals surface area contributed by atoms with Crippen molar-refractivity contribution in [3.05, 3.63) is 65.6 Å². The minimum atomic E-state index is -0.281. The van der Waals surface area contributed by atoms with Gasteiger partial charge in [-0.05, 0) is 35.9 Å². The van der Waals surface area contributed by atoms with Crippen molar-refractivity contribution >= 4 is 17.2 Å². The molecule has 5 rings (SSSR count). The zero-order valence-corrected chi connectivity index (χ0v) is 16.9. The highest BCUT2D eigenvalue weighted by molar-refractivity contribution is 5.69. The Bertz CT molecular complexity index is 1140. The van der Waals surface area contributed by atoms with Crippen molar-refractivity contribution < 1.29 is 13.9 Å². The number of nitriles is 1. The van der Waals surface area contributed by atoms with E-state index in [1.165, 1.54) is 12.1 Å². The number of nitrogens with two attached hydrogens (primary N) is 1. The number of halogens is 1. The third-order valence-corrected chi connectivity index (χ3v) is 5.77. The molecular weight excluding hydrogens is 397 g/mol. The van der Waals surface area contributed by atoms with E-state index in [1.54, 1.807) is 18.2 Å². The van der Waals surface area contributed by atoms with Crippen LogP contribution >= 0.6 is 0 Å². The molecular formula is C23H22FN5O2. The molecule has 3 aromatic rings. The summed E-state index contributed by atoms with van der Waals surface area (Å²) in [6, 6.07) is 16.3. The highest BCUT2D eigenvalue weighted by Crippen LogP contribution is 2.36. The lowest BCUT2D eigenvalue weighted by Crippen LogP contribution is -2.47. The molecule has 0 unspecified atom stereocenters. The minimum absolute atomic E-state index is 0.262. The van der Waals surface area contributed by atoms with Crippen molar-refractivity contribution in [3.8, 4) is 17.6 Å². The standard InChI is InChI=1S/C23H22FN5O2/c24-17-3-1-16(2-4-17)14-29-19(13-25)11-20(26)23(29)28-9-7-27(8-10-28)18-5-6-21-22(12-18)31-15-30-21/h1-6,11-12H,7-10,14-15,26H2. The molecule has 3 heterocycles. The van der Waals surface area contributed by atoms with Crippen LogP contribution in [0.15, 0.2) is 48.5 Å². The summed E-state index contributed by atoms with van der Waals surface area (Å²) < 4.78 is 26.1. The SMILES string of the molecule is N#Cc1cc(N)c(N2CCN(c3ccc4c(c3)OCO4)CC2)n1Cc1ccc(F)cc1. The van der Waals surface area contributed by atoms with E-state index in [0.717, 1.165) is 54.7 Å². The normalized spacial score (nSPS) is 15.2. The maximum atomic E-state index is 13.3. The van der Waals surface area contributed by atoms with Crippen molar-refractivity contribution in [2.24, 2.45) is 0 Å². The first-order valence-corrected chi connectivity index (χ1v) is 10.2. The summed E-state index contributed by atoms with van der Waals surface area (Å²) >= 11 is 0. The zero-order chi connectivity index (χ0) is 21.4. The van der Waals surface area contributed by atoms with Gasteiger partial charge in [-0.2, -0.15) is 5.26 Å². The van der Waals surface area contributed by atoms with Crippen LogP contribution in [0.5, 0.6) is 11.5 Å². The Kier molecular flexibility index (Phi) is 4.79. The molecule has 0 spiro atoms. The van der Waals surface area contributed by atoms with Gasteiger partial charge >= 0.3 is 0 Å². The van der Waals surface area contributed by atoms with Crippen LogP contribution in [0.25, 0.3) is 0 Å². The van der Waals surface area contributed by atoms with Gasteiger partial charge in [-0.3, -0.25) is 0 Å². The van der Waals surface area contributed by atoms with Gasteiger partial charge in [0.1, 0.15) is 23.4 Å². The highest BCUT2D eigenvalue weighted by atomic mass is 19.1. The second-order valence-corrected chi connectivity index (χ2v) is 7.64. The Labute approximate surface area is 179 Å². The summed E-state index contributed by atoms with van der Waals surface area (Å²) in [6.07, 6.45) is 0. The summed E-state index contributed by atoms with van der Waals surface area (Å²) in [7, 11) is 0. The summed E-state index contributed by atoms with van der Waals surface area (Å²) in [5.41, 5.74) is 9.39. The molecule has 0 atom stereocenters.